The third-order valence-corrected chi connectivity index (χ3v) is 6.78. The summed E-state index contributed by atoms with van der Waals surface area (Å²) in [6.07, 6.45) is 0. The molecule has 5 nitrogen and oxygen atoms in total. The van der Waals surface area contributed by atoms with Gasteiger partial charge in [-0.3, -0.25) is 4.79 Å². The second kappa shape index (κ2) is 7.37. The van der Waals surface area contributed by atoms with Crippen LogP contribution in [0.5, 0.6) is 0 Å². The number of halogens is 2. The molecular formula is C18H18Cl2N2O3S. The zero-order valence-corrected chi connectivity index (χ0v) is 16.2. The summed E-state index contributed by atoms with van der Waals surface area (Å²) in [7, 11) is 0. The number of aliphatic hydroxyl groups is 1. The number of thiophene rings is 1. The van der Waals surface area contributed by atoms with E-state index in [0.29, 0.717) is 28.1 Å². The molecule has 2 atom stereocenters. The highest BCUT2D eigenvalue weighted by molar-refractivity contribution is 7.18. The number of hydrogen-bond donors (Lipinski definition) is 2. The molecule has 1 aromatic carbocycles. The number of hydrogen-bond acceptors (Lipinski definition) is 5. The molecule has 4 rings (SSSR count). The number of amides is 1. The SMILES string of the molecule is O=C1NC(CO)C(c2ccc(Cl)c(Cl)c2)c2cc(N3CCOCC3)sc21. The molecule has 3 heterocycles. The maximum Gasteiger partial charge on any atom is 0.262 e. The average molecular weight is 413 g/mol. The van der Waals surface area contributed by atoms with Crippen molar-refractivity contribution in [2.24, 2.45) is 0 Å². The molecule has 0 radical (unpaired) electrons. The molecule has 1 saturated heterocycles. The van der Waals surface area contributed by atoms with Gasteiger partial charge in [0.25, 0.3) is 5.91 Å². The van der Waals surface area contributed by atoms with E-state index in [1.54, 1.807) is 6.07 Å². The molecule has 2 N–H and O–H groups in total. The smallest absolute Gasteiger partial charge is 0.262 e. The van der Waals surface area contributed by atoms with Crippen LogP contribution >= 0.6 is 34.5 Å². The number of nitrogens with zero attached hydrogens (tertiary/aromatic N) is 1. The summed E-state index contributed by atoms with van der Waals surface area (Å²) < 4.78 is 5.42. The summed E-state index contributed by atoms with van der Waals surface area (Å²) in [5.74, 6) is -0.312. The quantitative estimate of drug-likeness (QED) is 0.812. The lowest BCUT2D eigenvalue weighted by Crippen LogP contribution is -2.46. The van der Waals surface area contributed by atoms with E-state index < -0.39 is 6.04 Å². The van der Waals surface area contributed by atoms with Gasteiger partial charge in [-0.2, -0.15) is 0 Å². The van der Waals surface area contributed by atoms with Gasteiger partial charge in [-0.25, -0.2) is 0 Å². The Hall–Kier alpha value is -1.31. The number of rotatable bonds is 3. The minimum absolute atomic E-state index is 0.139. The lowest BCUT2D eigenvalue weighted by molar-refractivity contribution is 0.0897. The summed E-state index contributed by atoms with van der Waals surface area (Å²) in [5.41, 5.74) is 1.85. The Morgan fingerprint density at radius 2 is 2.00 bits per heavy atom. The molecule has 0 saturated carbocycles. The van der Waals surface area contributed by atoms with E-state index in [2.05, 4.69) is 16.3 Å². The van der Waals surface area contributed by atoms with Crippen molar-refractivity contribution in [2.45, 2.75) is 12.0 Å². The summed E-state index contributed by atoms with van der Waals surface area (Å²) in [4.78, 5) is 15.5. The van der Waals surface area contributed by atoms with Gasteiger partial charge >= 0.3 is 0 Å². The Labute approximate surface area is 165 Å². The van der Waals surface area contributed by atoms with Crippen LogP contribution < -0.4 is 10.2 Å². The van der Waals surface area contributed by atoms with Crippen molar-refractivity contribution in [3.63, 3.8) is 0 Å². The van der Waals surface area contributed by atoms with Crippen molar-refractivity contribution in [1.82, 2.24) is 5.32 Å². The minimum Gasteiger partial charge on any atom is -0.394 e. The normalized spacial score (nSPS) is 22.9. The first-order chi connectivity index (χ1) is 12.6. The number of carbonyl (C=O) groups excluding carboxylic acids is 1. The van der Waals surface area contributed by atoms with Crippen LogP contribution in [-0.4, -0.2) is 50.0 Å². The molecule has 1 fully saturated rings. The molecule has 2 aromatic rings. The van der Waals surface area contributed by atoms with Crippen LogP contribution in [0, 0.1) is 0 Å². The van der Waals surface area contributed by atoms with Crippen molar-refractivity contribution in [3.8, 4) is 0 Å². The van der Waals surface area contributed by atoms with Crippen LogP contribution in [0.2, 0.25) is 10.0 Å². The van der Waals surface area contributed by atoms with Gasteiger partial charge in [-0.1, -0.05) is 29.3 Å². The number of benzene rings is 1. The molecule has 0 bridgehead atoms. The largest absolute Gasteiger partial charge is 0.394 e. The lowest BCUT2D eigenvalue weighted by atomic mass is 9.83. The lowest BCUT2D eigenvalue weighted by Gasteiger charge is -2.31. The third kappa shape index (κ3) is 3.21. The van der Waals surface area contributed by atoms with Crippen molar-refractivity contribution in [3.05, 3.63) is 50.3 Å². The Balaban J connectivity index is 1.78. The number of fused-ring (bicyclic) bond motifs is 1. The number of anilines is 1. The summed E-state index contributed by atoms with van der Waals surface area (Å²) >= 11 is 13.7. The van der Waals surface area contributed by atoms with Crippen molar-refractivity contribution in [2.75, 3.05) is 37.8 Å². The molecule has 138 valence electrons. The van der Waals surface area contributed by atoms with Crippen LogP contribution in [0.3, 0.4) is 0 Å². The second-order valence-electron chi connectivity index (χ2n) is 6.38. The molecular weight excluding hydrogens is 395 g/mol. The van der Waals surface area contributed by atoms with Gasteiger partial charge < -0.3 is 20.1 Å². The third-order valence-electron chi connectivity index (χ3n) is 4.83. The van der Waals surface area contributed by atoms with E-state index in [1.165, 1.54) is 11.3 Å². The van der Waals surface area contributed by atoms with Gasteiger partial charge in [0, 0.05) is 19.0 Å². The molecule has 1 amide bonds. The van der Waals surface area contributed by atoms with Gasteiger partial charge in [0.05, 0.1) is 45.8 Å². The monoisotopic (exact) mass is 412 g/mol. The highest BCUT2D eigenvalue weighted by atomic mass is 35.5. The summed E-state index contributed by atoms with van der Waals surface area (Å²) in [6.45, 7) is 2.83. The van der Waals surface area contributed by atoms with Crippen LogP contribution in [0.25, 0.3) is 0 Å². The highest BCUT2D eigenvalue weighted by Crippen LogP contribution is 2.42. The maximum atomic E-state index is 12.5. The number of nitrogens with one attached hydrogen (secondary N) is 1. The van der Waals surface area contributed by atoms with E-state index in [1.807, 2.05) is 12.1 Å². The van der Waals surface area contributed by atoms with Crippen molar-refractivity contribution < 1.29 is 14.6 Å². The Morgan fingerprint density at radius 3 is 2.69 bits per heavy atom. The number of carbonyl (C=O) groups is 1. The topological polar surface area (TPSA) is 61.8 Å². The zero-order valence-electron chi connectivity index (χ0n) is 13.9. The van der Waals surface area contributed by atoms with E-state index in [0.717, 1.165) is 29.2 Å². The van der Waals surface area contributed by atoms with Crippen molar-refractivity contribution in [1.29, 1.82) is 0 Å². The molecule has 8 heteroatoms. The Morgan fingerprint density at radius 1 is 1.23 bits per heavy atom. The van der Waals surface area contributed by atoms with Crippen LogP contribution in [0.15, 0.2) is 24.3 Å². The van der Waals surface area contributed by atoms with E-state index in [-0.39, 0.29) is 18.4 Å². The van der Waals surface area contributed by atoms with E-state index in [9.17, 15) is 9.90 Å². The standard InChI is InChI=1S/C18H18Cl2N2O3S/c19-12-2-1-10(7-13(12)20)16-11-8-15(22-3-5-25-6-4-22)26-17(11)18(24)21-14(16)9-23/h1-2,7-8,14,16,23H,3-6,9H2,(H,21,24). The summed E-state index contributed by atoms with van der Waals surface area (Å²) in [5, 5.41) is 14.8. The Bertz CT molecular complexity index is 836. The average Bonchev–Trinajstić information content (AvgIpc) is 3.10. The first-order valence-electron chi connectivity index (χ1n) is 8.41. The number of ether oxygens (including phenoxy) is 1. The van der Waals surface area contributed by atoms with Crippen LogP contribution in [-0.2, 0) is 4.74 Å². The molecule has 1 aromatic heterocycles. The Kier molecular flexibility index (Phi) is 5.12. The van der Waals surface area contributed by atoms with Crippen LogP contribution in [0.1, 0.15) is 26.7 Å². The zero-order chi connectivity index (χ0) is 18.3. The number of aliphatic hydroxyl groups excluding tert-OH is 1. The fourth-order valence-electron chi connectivity index (χ4n) is 3.54. The molecule has 0 spiro atoms. The molecule has 2 unspecified atom stereocenters. The van der Waals surface area contributed by atoms with Crippen LogP contribution in [0.4, 0.5) is 5.00 Å². The van der Waals surface area contributed by atoms with Crippen molar-refractivity contribution >= 4 is 45.4 Å². The predicted molar refractivity (Wildman–Crippen MR) is 104 cm³/mol. The van der Waals surface area contributed by atoms with Gasteiger partial charge in [0.15, 0.2) is 0 Å². The first kappa shape index (κ1) is 18.1. The fourth-order valence-corrected chi connectivity index (χ4v) is 5.01. The minimum atomic E-state index is -0.403. The molecule has 2 aliphatic rings. The van der Waals surface area contributed by atoms with Gasteiger partial charge in [-0.05, 0) is 29.3 Å². The van der Waals surface area contributed by atoms with Gasteiger partial charge in [0.1, 0.15) is 0 Å². The fraction of sp³-hybridized carbons (Fsp3) is 0.389. The van der Waals surface area contributed by atoms with E-state index in [4.69, 9.17) is 27.9 Å². The molecule has 0 aliphatic carbocycles. The predicted octanol–water partition coefficient (Wildman–Crippen LogP) is 3.13. The van der Waals surface area contributed by atoms with E-state index >= 15 is 0 Å². The second-order valence-corrected chi connectivity index (χ2v) is 8.23. The first-order valence-corrected chi connectivity index (χ1v) is 9.99. The molecule has 2 aliphatic heterocycles. The number of morpholine rings is 1. The maximum absolute atomic E-state index is 12.5. The van der Waals surface area contributed by atoms with Gasteiger partial charge in [-0.15, -0.1) is 11.3 Å². The highest BCUT2D eigenvalue weighted by Gasteiger charge is 2.37. The molecule has 26 heavy (non-hydrogen) atoms. The summed E-state index contributed by atoms with van der Waals surface area (Å²) in [6, 6.07) is 7.12. The van der Waals surface area contributed by atoms with Gasteiger partial charge in [0.2, 0.25) is 0 Å².